The van der Waals surface area contributed by atoms with Crippen molar-refractivity contribution >= 4 is 0 Å². The van der Waals surface area contributed by atoms with E-state index in [2.05, 4.69) is 0 Å². The topological polar surface area (TPSA) is 67.8 Å². The summed E-state index contributed by atoms with van der Waals surface area (Å²) >= 11 is 0. The number of aromatic nitrogens is 2. The van der Waals surface area contributed by atoms with Crippen LogP contribution in [0.2, 0.25) is 0 Å². The highest BCUT2D eigenvalue weighted by atomic mass is 19.1. The Morgan fingerprint density at radius 1 is 1.29 bits per heavy atom. The van der Waals surface area contributed by atoms with E-state index in [1.54, 1.807) is 6.07 Å². The van der Waals surface area contributed by atoms with E-state index >= 15 is 0 Å². The lowest BCUT2D eigenvalue weighted by atomic mass is 10.2. The maximum Gasteiger partial charge on any atom is 0.331 e. The fourth-order valence-corrected chi connectivity index (χ4v) is 2.69. The first-order chi connectivity index (χ1) is 10.1. The van der Waals surface area contributed by atoms with Crippen LogP contribution in [0.4, 0.5) is 4.39 Å². The van der Waals surface area contributed by atoms with E-state index in [1.807, 2.05) is 6.07 Å². The van der Waals surface area contributed by atoms with Gasteiger partial charge in [-0.1, -0.05) is 18.2 Å². The van der Waals surface area contributed by atoms with Crippen LogP contribution in [0.1, 0.15) is 23.2 Å². The molecule has 3 rings (SSSR count). The first-order valence-corrected chi connectivity index (χ1v) is 6.63. The summed E-state index contributed by atoms with van der Waals surface area (Å²) in [6.07, 6.45) is 1.28. The van der Waals surface area contributed by atoms with Gasteiger partial charge in [0.1, 0.15) is 17.4 Å². The van der Waals surface area contributed by atoms with E-state index < -0.39 is 17.1 Å². The number of hydrogen-bond donors (Lipinski definition) is 0. The van der Waals surface area contributed by atoms with Crippen LogP contribution in [0.25, 0.3) is 0 Å². The SMILES string of the molecule is N#Cc1c2n(c(=O)n(Cc3ccccc3F)c1=O)CCC2. The normalized spacial score (nSPS) is 13.0. The number of rotatable bonds is 2. The van der Waals surface area contributed by atoms with E-state index in [0.717, 1.165) is 11.0 Å². The molecule has 0 N–H and O–H groups in total. The summed E-state index contributed by atoms with van der Waals surface area (Å²) < 4.78 is 16.1. The van der Waals surface area contributed by atoms with E-state index in [4.69, 9.17) is 5.26 Å². The van der Waals surface area contributed by atoms with Crippen LogP contribution >= 0.6 is 0 Å². The lowest BCUT2D eigenvalue weighted by molar-refractivity contribution is 0.566. The number of fused-ring (bicyclic) bond motifs is 1. The summed E-state index contributed by atoms with van der Waals surface area (Å²) in [7, 11) is 0. The quantitative estimate of drug-likeness (QED) is 0.827. The molecule has 0 saturated carbocycles. The molecule has 0 saturated heterocycles. The summed E-state index contributed by atoms with van der Waals surface area (Å²) in [5.41, 5.74) is -0.381. The van der Waals surface area contributed by atoms with Gasteiger partial charge in [0.25, 0.3) is 5.56 Å². The highest BCUT2D eigenvalue weighted by Crippen LogP contribution is 2.14. The fraction of sp³-hybridized carbons (Fsp3) is 0.267. The van der Waals surface area contributed by atoms with E-state index in [0.29, 0.717) is 18.7 Å². The lowest BCUT2D eigenvalue weighted by Crippen LogP contribution is -2.42. The van der Waals surface area contributed by atoms with Crippen LogP contribution in [-0.4, -0.2) is 9.13 Å². The molecule has 5 nitrogen and oxygen atoms in total. The molecule has 0 atom stereocenters. The Kier molecular flexibility index (Phi) is 3.18. The minimum atomic E-state index is -0.640. The van der Waals surface area contributed by atoms with Crippen LogP contribution in [0.5, 0.6) is 0 Å². The lowest BCUT2D eigenvalue weighted by Gasteiger charge is -2.11. The molecule has 6 heteroatoms. The summed E-state index contributed by atoms with van der Waals surface area (Å²) in [6.45, 7) is 0.319. The molecular formula is C15H12FN3O2. The van der Waals surface area contributed by atoms with Crippen molar-refractivity contribution < 1.29 is 4.39 Å². The summed E-state index contributed by atoms with van der Waals surface area (Å²) in [6, 6.07) is 7.85. The molecule has 1 aromatic carbocycles. The number of hydrogen-bond acceptors (Lipinski definition) is 3. The molecular weight excluding hydrogens is 273 g/mol. The molecule has 1 aromatic heterocycles. The number of halogens is 1. The van der Waals surface area contributed by atoms with Crippen molar-refractivity contribution in [1.82, 2.24) is 9.13 Å². The van der Waals surface area contributed by atoms with Crippen molar-refractivity contribution in [2.24, 2.45) is 0 Å². The van der Waals surface area contributed by atoms with Crippen molar-refractivity contribution in [3.8, 4) is 6.07 Å². The molecule has 0 amide bonds. The first-order valence-electron chi connectivity index (χ1n) is 6.63. The van der Waals surface area contributed by atoms with Gasteiger partial charge in [-0.3, -0.25) is 13.9 Å². The Morgan fingerprint density at radius 3 is 2.76 bits per heavy atom. The second kappa shape index (κ2) is 5.02. The van der Waals surface area contributed by atoms with Gasteiger partial charge in [0.2, 0.25) is 0 Å². The molecule has 1 aliphatic rings. The zero-order chi connectivity index (χ0) is 15.0. The van der Waals surface area contributed by atoms with Gasteiger partial charge in [-0.2, -0.15) is 5.26 Å². The molecule has 0 aliphatic carbocycles. The van der Waals surface area contributed by atoms with Gasteiger partial charge in [-0.15, -0.1) is 0 Å². The zero-order valence-corrected chi connectivity index (χ0v) is 11.2. The Bertz CT molecular complexity index is 874. The second-order valence-electron chi connectivity index (χ2n) is 4.95. The summed E-state index contributed by atoms with van der Waals surface area (Å²) in [5.74, 6) is -0.479. The largest absolute Gasteiger partial charge is 0.331 e. The zero-order valence-electron chi connectivity index (χ0n) is 11.2. The number of nitrogens with zero attached hydrogens (tertiary/aromatic N) is 3. The molecule has 0 fully saturated rings. The molecule has 21 heavy (non-hydrogen) atoms. The maximum absolute atomic E-state index is 13.7. The molecule has 2 aromatic rings. The van der Waals surface area contributed by atoms with Crippen molar-refractivity contribution in [3.63, 3.8) is 0 Å². The minimum Gasteiger partial charge on any atom is -0.296 e. The van der Waals surface area contributed by atoms with Crippen molar-refractivity contribution in [3.05, 3.63) is 67.7 Å². The smallest absolute Gasteiger partial charge is 0.296 e. The van der Waals surface area contributed by atoms with Crippen LogP contribution in [0.3, 0.4) is 0 Å². The first kappa shape index (κ1) is 13.3. The van der Waals surface area contributed by atoms with Gasteiger partial charge < -0.3 is 0 Å². The summed E-state index contributed by atoms with van der Waals surface area (Å²) in [4.78, 5) is 24.7. The van der Waals surface area contributed by atoms with E-state index in [9.17, 15) is 14.0 Å². The third kappa shape index (κ3) is 2.07. The predicted molar refractivity (Wildman–Crippen MR) is 73.5 cm³/mol. The standard InChI is InChI=1S/C15H12FN3O2/c16-12-5-2-1-4-10(12)9-19-14(20)11(8-17)13-6-3-7-18(13)15(19)21/h1-2,4-5H,3,6-7,9H2. The van der Waals surface area contributed by atoms with Gasteiger partial charge in [0.15, 0.2) is 0 Å². The molecule has 0 radical (unpaired) electrons. The van der Waals surface area contributed by atoms with Gasteiger partial charge in [-0.25, -0.2) is 9.18 Å². The van der Waals surface area contributed by atoms with Crippen molar-refractivity contribution in [2.75, 3.05) is 0 Å². The van der Waals surface area contributed by atoms with Gasteiger partial charge in [0.05, 0.1) is 6.54 Å². The summed E-state index contributed by atoms with van der Waals surface area (Å²) in [5, 5.41) is 9.17. The molecule has 106 valence electrons. The number of nitriles is 1. The monoisotopic (exact) mass is 285 g/mol. The van der Waals surface area contributed by atoms with Gasteiger partial charge in [-0.05, 0) is 18.9 Å². The van der Waals surface area contributed by atoms with Gasteiger partial charge >= 0.3 is 5.69 Å². The predicted octanol–water partition coefficient (Wildman–Crippen LogP) is 1.02. The average Bonchev–Trinajstić information content (AvgIpc) is 2.95. The maximum atomic E-state index is 13.7. The molecule has 1 aliphatic heterocycles. The van der Waals surface area contributed by atoms with Crippen molar-refractivity contribution in [1.29, 1.82) is 5.26 Å². The Hall–Kier alpha value is -2.68. The molecule has 0 unspecified atom stereocenters. The highest BCUT2D eigenvalue weighted by Gasteiger charge is 2.22. The van der Waals surface area contributed by atoms with Crippen LogP contribution in [-0.2, 0) is 19.5 Å². The second-order valence-corrected chi connectivity index (χ2v) is 4.95. The minimum absolute atomic E-state index is 0.0107. The van der Waals surface area contributed by atoms with E-state index in [-0.39, 0.29) is 17.7 Å². The van der Waals surface area contributed by atoms with Crippen LogP contribution in [0, 0.1) is 17.1 Å². The molecule has 2 heterocycles. The van der Waals surface area contributed by atoms with Crippen molar-refractivity contribution in [2.45, 2.75) is 25.9 Å². The Balaban J connectivity index is 2.21. The average molecular weight is 285 g/mol. The van der Waals surface area contributed by atoms with Gasteiger partial charge in [0, 0.05) is 17.8 Å². The third-order valence-corrected chi connectivity index (χ3v) is 3.73. The molecule has 0 bridgehead atoms. The molecule has 0 spiro atoms. The van der Waals surface area contributed by atoms with Crippen LogP contribution in [0.15, 0.2) is 33.9 Å². The number of benzene rings is 1. The highest BCUT2D eigenvalue weighted by molar-refractivity contribution is 5.33. The Labute approximate surface area is 119 Å². The Morgan fingerprint density at radius 2 is 2.05 bits per heavy atom. The fourth-order valence-electron chi connectivity index (χ4n) is 2.69. The van der Waals surface area contributed by atoms with Crippen LogP contribution < -0.4 is 11.2 Å². The third-order valence-electron chi connectivity index (χ3n) is 3.73. The van der Waals surface area contributed by atoms with E-state index in [1.165, 1.54) is 22.8 Å².